The summed E-state index contributed by atoms with van der Waals surface area (Å²) in [5.74, 6) is -3.27. The van der Waals surface area contributed by atoms with E-state index in [0.717, 1.165) is 23.3 Å². The monoisotopic (exact) mass is 575 g/mol. The minimum Gasteiger partial charge on any atom is -0.490 e. The Bertz CT molecular complexity index is 1530. The molecule has 6 rings (SSSR count). The van der Waals surface area contributed by atoms with Gasteiger partial charge in [-0.2, -0.15) is 13.2 Å². The third-order valence-electron chi connectivity index (χ3n) is 8.31. The molecule has 216 valence electrons. The Kier molecular flexibility index (Phi) is 6.48. The number of aromatic nitrogens is 1. The van der Waals surface area contributed by atoms with Crippen LogP contribution in [0.4, 0.5) is 22.0 Å². The number of carboxylic acid groups (broad SMARTS) is 1. The van der Waals surface area contributed by atoms with E-state index >= 15 is 0 Å². The largest absolute Gasteiger partial charge is 0.490 e. The van der Waals surface area contributed by atoms with Crippen LogP contribution in [0.25, 0.3) is 11.1 Å². The SMILES string of the molecule is CC1(O)CC(COc2ccc(-c3cc(COc4cc5c(cn4)[C@H]4[C@@H](C5)[C@@H]4C(=O)O)c(F)cc3C(F)(F)F)cc2F)C1. The average Bonchev–Trinajstić information content (AvgIpc) is 3.47. The number of aliphatic hydroxyl groups is 1. The van der Waals surface area contributed by atoms with Crippen molar-refractivity contribution in [3.05, 3.63) is 76.5 Å². The van der Waals surface area contributed by atoms with Gasteiger partial charge in [0.05, 0.1) is 23.7 Å². The van der Waals surface area contributed by atoms with Crippen molar-refractivity contribution < 1.29 is 46.4 Å². The zero-order valence-corrected chi connectivity index (χ0v) is 21.8. The Morgan fingerprint density at radius 2 is 1.85 bits per heavy atom. The van der Waals surface area contributed by atoms with E-state index in [-0.39, 0.29) is 47.1 Å². The number of halogens is 5. The van der Waals surface area contributed by atoms with E-state index in [1.807, 2.05) is 0 Å². The number of carbonyl (C=O) groups is 1. The van der Waals surface area contributed by atoms with Crippen LogP contribution in [0.1, 0.15) is 47.9 Å². The fraction of sp³-hybridized carbons (Fsp3) is 0.400. The van der Waals surface area contributed by atoms with Gasteiger partial charge in [-0.1, -0.05) is 6.07 Å². The highest BCUT2D eigenvalue weighted by molar-refractivity contribution is 5.77. The van der Waals surface area contributed by atoms with Gasteiger partial charge in [0, 0.05) is 23.7 Å². The van der Waals surface area contributed by atoms with Crippen molar-refractivity contribution in [3.8, 4) is 22.8 Å². The minimum atomic E-state index is -4.90. The van der Waals surface area contributed by atoms with Crippen molar-refractivity contribution in [3.63, 3.8) is 0 Å². The molecule has 1 heterocycles. The first-order chi connectivity index (χ1) is 19.3. The summed E-state index contributed by atoms with van der Waals surface area (Å²) in [6.45, 7) is 1.43. The number of ether oxygens (including phenoxy) is 2. The number of pyridine rings is 1. The molecule has 6 nitrogen and oxygen atoms in total. The zero-order chi connectivity index (χ0) is 29.3. The highest BCUT2D eigenvalue weighted by atomic mass is 19.4. The molecule has 1 aromatic heterocycles. The summed E-state index contributed by atoms with van der Waals surface area (Å²) in [6.07, 6.45) is -1.79. The normalized spacial score (nSPS) is 26.1. The molecule has 0 radical (unpaired) electrons. The van der Waals surface area contributed by atoms with Gasteiger partial charge in [0.15, 0.2) is 11.6 Å². The first-order valence-electron chi connectivity index (χ1n) is 13.2. The Hall–Kier alpha value is -3.73. The van der Waals surface area contributed by atoms with Gasteiger partial charge in [-0.25, -0.2) is 13.8 Å². The van der Waals surface area contributed by atoms with E-state index in [0.29, 0.717) is 25.3 Å². The Labute approximate surface area is 231 Å². The maximum atomic E-state index is 14.9. The van der Waals surface area contributed by atoms with Crippen LogP contribution in [-0.2, 0) is 24.0 Å². The van der Waals surface area contributed by atoms with E-state index in [2.05, 4.69) is 4.98 Å². The summed E-state index contributed by atoms with van der Waals surface area (Å²) in [7, 11) is 0. The Morgan fingerprint density at radius 3 is 2.51 bits per heavy atom. The van der Waals surface area contributed by atoms with Gasteiger partial charge in [-0.3, -0.25) is 4.79 Å². The third kappa shape index (κ3) is 5.23. The molecule has 2 N–H and O–H groups in total. The smallest absolute Gasteiger partial charge is 0.417 e. The molecule has 3 aliphatic rings. The lowest BCUT2D eigenvalue weighted by molar-refractivity contribution is -0.139. The number of benzene rings is 2. The first-order valence-corrected chi connectivity index (χ1v) is 13.2. The van der Waals surface area contributed by atoms with Gasteiger partial charge in [-0.15, -0.1) is 0 Å². The van der Waals surface area contributed by atoms with Crippen LogP contribution in [0.3, 0.4) is 0 Å². The van der Waals surface area contributed by atoms with Crippen molar-refractivity contribution in [1.82, 2.24) is 4.98 Å². The fourth-order valence-corrected chi connectivity index (χ4v) is 6.33. The third-order valence-corrected chi connectivity index (χ3v) is 8.31. The molecule has 0 aliphatic heterocycles. The van der Waals surface area contributed by atoms with E-state index in [1.54, 1.807) is 13.0 Å². The number of carboxylic acids is 1. The summed E-state index contributed by atoms with van der Waals surface area (Å²) in [5, 5.41) is 19.1. The molecule has 0 spiro atoms. The van der Waals surface area contributed by atoms with Gasteiger partial charge in [0.1, 0.15) is 12.4 Å². The summed E-state index contributed by atoms with van der Waals surface area (Å²) >= 11 is 0. The molecule has 11 heteroatoms. The second kappa shape index (κ2) is 9.68. The van der Waals surface area contributed by atoms with Crippen molar-refractivity contribution in [2.75, 3.05) is 6.61 Å². The van der Waals surface area contributed by atoms with Gasteiger partial charge in [0.2, 0.25) is 5.88 Å². The van der Waals surface area contributed by atoms with E-state index in [9.17, 15) is 37.0 Å². The highest BCUT2D eigenvalue weighted by Gasteiger charge is 2.60. The zero-order valence-electron chi connectivity index (χ0n) is 21.8. The molecule has 0 amide bonds. The lowest BCUT2D eigenvalue weighted by Gasteiger charge is -2.40. The van der Waals surface area contributed by atoms with Crippen LogP contribution in [0.5, 0.6) is 11.6 Å². The molecule has 0 saturated heterocycles. The Morgan fingerprint density at radius 1 is 1.10 bits per heavy atom. The number of nitrogens with zero attached hydrogens (tertiary/aromatic N) is 1. The van der Waals surface area contributed by atoms with Crippen LogP contribution in [0.15, 0.2) is 42.6 Å². The molecule has 3 aliphatic carbocycles. The molecule has 0 bridgehead atoms. The van der Waals surface area contributed by atoms with Crippen molar-refractivity contribution in [2.24, 2.45) is 17.8 Å². The highest BCUT2D eigenvalue weighted by Crippen LogP contribution is 2.61. The summed E-state index contributed by atoms with van der Waals surface area (Å²) in [6, 6.07) is 6.42. The average molecular weight is 576 g/mol. The number of hydrogen-bond acceptors (Lipinski definition) is 5. The molecule has 3 atom stereocenters. The van der Waals surface area contributed by atoms with E-state index in [4.69, 9.17) is 9.47 Å². The maximum Gasteiger partial charge on any atom is 0.417 e. The van der Waals surface area contributed by atoms with Gasteiger partial charge in [0.25, 0.3) is 0 Å². The van der Waals surface area contributed by atoms with Gasteiger partial charge >= 0.3 is 12.1 Å². The summed E-state index contributed by atoms with van der Waals surface area (Å²) in [4.78, 5) is 15.5. The molecule has 2 aromatic carbocycles. The molecule has 2 fully saturated rings. The molecule has 3 aromatic rings. The Balaban J connectivity index is 1.20. The lowest BCUT2D eigenvalue weighted by Crippen LogP contribution is -2.43. The molecular weight excluding hydrogens is 549 g/mol. The van der Waals surface area contributed by atoms with E-state index in [1.165, 1.54) is 18.3 Å². The predicted octanol–water partition coefficient (Wildman–Crippen LogP) is 6.13. The standard InChI is InChI=1S/C30H26F5NO5/c1-29(39)9-14(10-29)12-40-24-3-2-15(6-23(24)32)18-5-17(22(31)8-21(18)30(33,34)35)13-41-25-7-16-4-19-26(20(16)11-36-25)27(19)28(37)38/h2-3,5-8,11,14,19,26-27,39H,4,9-10,12-13H2,1H3,(H,37,38)/t14?,19-,26-,27+,29?/m1/s1. The molecule has 0 unspecified atom stereocenters. The van der Waals surface area contributed by atoms with Gasteiger partial charge in [-0.05, 0) is 84.5 Å². The second-order valence-corrected chi connectivity index (χ2v) is 11.5. The van der Waals surface area contributed by atoms with Crippen molar-refractivity contribution in [1.29, 1.82) is 0 Å². The molecule has 41 heavy (non-hydrogen) atoms. The number of hydrogen-bond donors (Lipinski definition) is 2. The lowest BCUT2D eigenvalue weighted by atomic mass is 9.73. The minimum absolute atomic E-state index is 0.0150. The quantitative estimate of drug-likeness (QED) is 0.314. The summed E-state index contributed by atoms with van der Waals surface area (Å²) < 4.78 is 82.3. The second-order valence-electron chi connectivity index (χ2n) is 11.5. The van der Waals surface area contributed by atoms with Gasteiger partial charge < -0.3 is 19.7 Å². The van der Waals surface area contributed by atoms with Crippen molar-refractivity contribution in [2.45, 2.75) is 50.5 Å². The van der Waals surface area contributed by atoms with Crippen LogP contribution in [0, 0.1) is 29.4 Å². The van der Waals surface area contributed by atoms with Crippen LogP contribution in [-0.4, -0.2) is 33.4 Å². The topological polar surface area (TPSA) is 88.9 Å². The summed E-state index contributed by atoms with van der Waals surface area (Å²) in [5.41, 5.74) is -1.01. The number of aliphatic carboxylic acids is 1. The molecular formula is C30H26F5NO5. The molecule has 2 saturated carbocycles. The fourth-order valence-electron chi connectivity index (χ4n) is 6.33. The number of alkyl halides is 3. The number of rotatable bonds is 8. The van der Waals surface area contributed by atoms with Crippen LogP contribution >= 0.6 is 0 Å². The first kappa shape index (κ1) is 27.4. The maximum absolute atomic E-state index is 14.9. The van der Waals surface area contributed by atoms with Crippen LogP contribution < -0.4 is 9.47 Å². The van der Waals surface area contributed by atoms with Crippen LogP contribution in [0.2, 0.25) is 0 Å². The van der Waals surface area contributed by atoms with E-state index < -0.39 is 53.0 Å². The van der Waals surface area contributed by atoms with Crippen molar-refractivity contribution >= 4 is 5.97 Å². The predicted molar refractivity (Wildman–Crippen MR) is 135 cm³/mol. The number of fused-ring (bicyclic) bond motifs is 3.